The number of nitrogens with one attached hydrogen (secondary N) is 1. The molecule has 3 N–H and O–H groups in total. The maximum Gasteiger partial charge on any atom is 0.265 e. The van der Waals surface area contributed by atoms with Crippen LogP contribution in [0.15, 0.2) is 47.1 Å². The molecule has 1 saturated heterocycles. The molecular formula is C26H30N7O2S+. The number of primary amides is 1. The number of aliphatic imine (C=N–C) groups is 1. The van der Waals surface area contributed by atoms with Crippen LogP contribution in [-0.4, -0.2) is 68.1 Å². The standard InChI is InChI=1S/C26H29N7O2S/c1-6-21(34)31(4)14-26(2)33(15-36-26)25(28-3)22(23(27)35)18(30-33)11-7-16-8-12-20-19(13-16)29-24(32(20)5)17-9-10-17/h6,8,12-13,17H,1,9-10,14-15H2,2-5H3,(H2-,27,28,30,35)/p+1. The van der Waals surface area contributed by atoms with E-state index in [1.807, 2.05) is 25.1 Å². The Morgan fingerprint density at radius 1 is 1.44 bits per heavy atom. The number of nitrogens with zero attached hydrogens (tertiary/aromatic N) is 5. The summed E-state index contributed by atoms with van der Waals surface area (Å²) in [7, 11) is 5.43. The summed E-state index contributed by atoms with van der Waals surface area (Å²) in [5, 5.41) is 0. The van der Waals surface area contributed by atoms with E-state index in [9.17, 15) is 9.59 Å². The van der Waals surface area contributed by atoms with Crippen molar-refractivity contribution in [1.29, 1.82) is 0 Å². The van der Waals surface area contributed by atoms with Gasteiger partial charge in [0, 0.05) is 39.5 Å². The van der Waals surface area contributed by atoms with Gasteiger partial charge in [0.25, 0.3) is 11.7 Å². The van der Waals surface area contributed by atoms with Crippen LogP contribution < -0.4 is 11.2 Å². The molecule has 1 aromatic heterocycles. The monoisotopic (exact) mass is 504 g/mol. The highest BCUT2D eigenvalue weighted by atomic mass is 32.2. The quantitative estimate of drug-likeness (QED) is 0.368. The van der Waals surface area contributed by atoms with Gasteiger partial charge in [0.15, 0.2) is 22.0 Å². The summed E-state index contributed by atoms with van der Waals surface area (Å²) >= 11 is 1.68. The summed E-state index contributed by atoms with van der Waals surface area (Å²) in [5.74, 6) is 8.39. The lowest BCUT2D eigenvalue weighted by molar-refractivity contribution is -0.914. The number of hydrogen-bond donors (Lipinski definition) is 2. The van der Waals surface area contributed by atoms with E-state index in [4.69, 9.17) is 10.7 Å². The SMILES string of the molecule is C=CC(=O)N(C)CC1(C)SC[N+]12NC(C#Cc1ccc3c(c1)nc(C1CC1)n3C)=C(C(N)=O)C2=NC. The Labute approximate surface area is 214 Å². The molecule has 2 amide bonds. The Balaban J connectivity index is 1.49. The first-order chi connectivity index (χ1) is 17.1. The number of amides is 2. The Morgan fingerprint density at radius 3 is 2.78 bits per heavy atom. The molecule has 1 saturated carbocycles. The molecule has 2 unspecified atom stereocenters. The van der Waals surface area contributed by atoms with E-state index in [2.05, 4.69) is 40.5 Å². The molecule has 3 aliphatic rings. The molecule has 2 aromatic rings. The lowest BCUT2D eigenvalue weighted by atomic mass is 10.1. The second-order valence-electron chi connectivity index (χ2n) is 9.69. The zero-order valence-corrected chi connectivity index (χ0v) is 21.8. The third-order valence-electron chi connectivity index (χ3n) is 7.24. The zero-order valence-electron chi connectivity index (χ0n) is 21.0. The van der Waals surface area contributed by atoms with Crippen LogP contribution in [0.5, 0.6) is 0 Å². The highest BCUT2D eigenvalue weighted by Gasteiger charge is 2.67. The minimum Gasteiger partial charge on any atom is -0.365 e. The van der Waals surface area contributed by atoms with Gasteiger partial charge in [0.1, 0.15) is 5.82 Å². The highest BCUT2D eigenvalue weighted by Crippen LogP contribution is 2.51. The van der Waals surface area contributed by atoms with Crippen LogP contribution in [0.25, 0.3) is 11.0 Å². The first-order valence-electron chi connectivity index (χ1n) is 11.8. The number of quaternary nitrogens is 1. The van der Waals surface area contributed by atoms with Crippen molar-refractivity contribution in [3.63, 3.8) is 0 Å². The van der Waals surface area contributed by atoms with E-state index in [-0.39, 0.29) is 16.1 Å². The number of nitrogens with two attached hydrogens (primary N) is 1. The fourth-order valence-corrected chi connectivity index (χ4v) is 6.47. The minimum absolute atomic E-state index is 0.172. The van der Waals surface area contributed by atoms with Crippen molar-refractivity contribution >= 4 is 40.4 Å². The number of thioether (sulfide) groups is 1. The van der Waals surface area contributed by atoms with Crippen LogP contribution in [0.3, 0.4) is 0 Å². The van der Waals surface area contributed by atoms with Gasteiger partial charge in [-0.1, -0.05) is 12.5 Å². The van der Waals surface area contributed by atoms with E-state index in [1.165, 1.54) is 18.9 Å². The van der Waals surface area contributed by atoms with Crippen molar-refractivity contribution in [2.75, 3.05) is 26.5 Å². The van der Waals surface area contributed by atoms with Crippen LogP contribution in [0, 0.1) is 11.8 Å². The Bertz CT molecular complexity index is 1440. The van der Waals surface area contributed by atoms with Gasteiger partial charge < -0.3 is 15.2 Å². The molecule has 0 radical (unpaired) electrons. The molecule has 1 spiro atoms. The van der Waals surface area contributed by atoms with Crippen LogP contribution in [0.2, 0.25) is 0 Å². The van der Waals surface area contributed by atoms with Crippen molar-refractivity contribution in [2.45, 2.75) is 30.6 Å². The van der Waals surface area contributed by atoms with E-state index in [0.29, 0.717) is 29.9 Å². The number of benzene rings is 1. The third kappa shape index (κ3) is 3.62. The van der Waals surface area contributed by atoms with E-state index in [0.717, 1.165) is 22.4 Å². The van der Waals surface area contributed by atoms with Gasteiger partial charge in [-0.2, -0.15) is 4.59 Å². The first-order valence-corrected chi connectivity index (χ1v) is 12.8. The van der Waals surface area contributed by atoms with Crippen LogP contribution >= 0.6 is 11.8 Å². The summed E-state index contributed by atoms with van der Waals surface area (Å²) in [6.45, 7) is 6.03. The Morgan fingerprint density at radius 2 is 2.19 bits per heavy atom. The number of rotatable bonds is 5. The van der Waals surface area contributed by atoms with Crippen molar-refractivity contribution in [1.82, 2.24) is 19.9 Å². The Kier molecular flexibility index (Phi) is 5.73. The summed E-state index contributed by atoms with van der Waals surface area (Å²) in [6, 6.07) is 5.98. The number of hydrogen-bond acceptors (Lipinski definition) is 6. The molecule has 2 fully saturated rings. The minimum atomic E-state index is -0.591. The number of carbonyl (C=O) groups excluding carboxylic acids is 2. The molecule has 1 aromatic carbocycles. The van der Waals surface area contributed by atoms with E-state index >= 15 is 0 Å². The van der Waals surface area contributed by atoms with Crippen LogP contribution in [0.1, 0.15) is 37.1 Å². The van der Waals surface area contributed by atoms with Crippen LogP contribution in [-0.2, 0) is 16.6 Å². The first kappa shape index (κ1) is 24.2. The number of carbonyl (C=O) groups is 2. The number of fused-ring (bicyclic) bond motifs is 1. The summed E-state index contributed by atoms with van der Waals surface area (Å²) < 4.78 is 2.35. The molecule has 2 aliphatic heterocycles. The predicted octanol–water partition coefficient (Wildman–Crippen LogP) is 1.97. The number of likely N-dealkylation sites (N-methyl/N-ethyl adjacent to an activating group) is 1. The molecule has 0 bridgehead atoms. The molecule has 1 aliphatic carbocycles. The van der Waals surface area contributed by atoms with Crippen molar-refractivity contribution in [2.24, 2.45) is 17.8 Å². The highest BCUT2D eigenvalue weighted by molar-refractivity contribution is 8.01. The number of allylic oxidation sites excluding steroid dienone is 1. The van der Waals surface area contributed by atoms with Gasteiger partial charge in [-0.3, -0.25) is 9.59 Å². The Hall–Kier alpha value is -3.55. The smallest absolute Gasteiger partial charge is 0.265 e. The molecule has 36 heavy (non-hydrogen) atoms. The number of aromatic nitrogens is 2. The lowest BCUT2D eigenvalue weighted by Crippen LogP contribution is -2.77. The van der Waals surface area contributed by atoms with Gasteiger partial charge in [-0.15, -0.1) is 0 Å². The normalized spacial score (nSPS) is 25.9. The maximum absolute atomic E-state index is 12.6. The second-order valence-corrected chi connectivity index (χ2v) is 11.1. The van der Waals surface area contributed by atoms with Gasteiger partial charge in [-0.25, -0.2) is 15.4 Å². The maximum atomic E-state index is 12.6. The summed E-state index contributed by atoms with van der Waals surface area (Å²) in [6.07, 6.45) is 3.67. The largest absolute Gasteiger partial charge is 0.365 e. The van der Waals surface area contributed by atoms with Gasteiger partial charge in [0.05, 0.1) is 17.6 Å². The average Bonchev–Trinajstić information content (AvgIpc) is 3.56. The average molecular weight is 505 g/mol. The molecule has 3 heterocycles. The van der Waals surface area contributed by atoms with Crippen molar-refractivity contribution in [3.05, 3.63) is 53.5 Å². The van der Waals surface area contributed by atoms with E-state index < -0.39 is 10.8 Å². The lowest BCUT2D eigenvalue weighted by Gasteiger charge is -2.55. The van der Waals surface area contributed by atoms with Gasteiger partial charge >= 0.3 is 0 Å². The third-order valence-corrected chi connectivity index (χ3v) is 8.82. The summed E-state index contributed by atoms with van der Waals surface area (Å²) in [4.78, 5) is 35.1. The molecule has 5 rings (SSSR count). The zero-order chi connectivity index (χ0) is 25.8. The molecule has 9 nitrogen and oxygen atoms in total. The second kappa shape index (κ2) is 8.54. The fraction of sp³-hybridized carbons (Fsp3) is 0.385. The topological polar surface area (TPSA) is 106 Å². The summed E-state index contributed by atoms with van der Waals surface area (Å²) in [5.41, 5.74) is 12.8. The number of amidine groups is 1. The molecule has 186 valence electrons. The van der Waals surface area contributed by atoms with Crippen molar-refractivity contribution in [3.8, 4) is 11.8 Å². The van der Waals surface area contributed by atoms with Gasteiger partial charge in [0.2, 0.25) is 5.91 Å². The van der Waals surface area contributed by atoms with Gasteiger partial charge in [-0.05, 0) is 54.8 Å². The predicted molar refractivity (Wildman–Crippen MR) is 141 cm³/mol. The molecular weight excluding hydrogens is 474 g/mol. The van der Waals surface area contributed by atoms with Crippen molar-refractivity contribution < 1.29 is 14.2 Å². The molecule has 2 atom stereocenters. The number of aryl methyl sites for hydroxylation is 1. The molecule has 10 heteroatoms. The fourth-order valence-electron chi connectivity index (χ4n) is 5.04. The van der Waals surface area contributed by atoms with Crippen LogP contribution in [0.4, 0.5) is 0 Å². The number of imidazole rings is 1. The van der Waals surface area contributed by atoms with E-state index in [1.54, 1.807) is 30.8 Å².